The molecule has 0 radical (unpaired) electrons. The summed E-state index contributed by atoms with van der Waals surface area (Å²) in [7, 11) is 1.35. The average Bonchev–Trinajstić information content (AvgIpc) is 2.70. The fraction of sp³-hybridized carbons (Fsp3) is 0.333. The molecule has 0 aliphatic heterocycles. The molecule has 2 atom stereocenters. The second-order valence-corrected chi connectivity index (χ2v) is 6.69. The monoisotopic (exact) mass is 386 g/mol. The highest BCUT2D eigenvalue weighted by Gasteiger charge is 2.14. The quantitative estimate of drug-likeness (QED) is 0.489. The maximum Gasteiger partial charge on any atom is 0.337 e. The molecular weight excluding hydrogens is 360 g/mol. The number of aliphatic hydroxyl groups excluding tert-OH is 1. The van der Waals surface area contributed by atoms with Gasteiger partial charge in [-0.15, -0.1) is 0 Å². The molecule has 0 spiro atoms. The first-order valence-electron chi connectivity index (χ1n) is 9.03. The molecule has 5 N–H and O–H groups in total. The maximum atomic E-state index is 11.4. The number of rotatable bonds is 9. The van der Waals surface area contributed by atoms with Crippen LogP contribution < -0.4 is 11.1 Å². The summed E-state index contributed by atoms with van der Waals surface area (Å²) in [5.74, 6) is -1.31. The summed E-state index contributed by atoms with van der Waals surface area (Å²) in [5.41, 5.74) is 7.32. The fourth-order valence-corrected chi connectivity index (χ4v) is 2.80. The zero-order valence-electron chi connectivity index (χ0n) is 16.0. The largest absolute Gasteiger partial charge is 0.507 e. The zero-order chi connectivity index (χ0) is 20.7. The number of carbonyl (C=O) groups is 2. The van der Waals surface area contributed by atoms with Crippen LogP contribution in [-0.4, -0.2) is 41.8 Å². The van der Waals surface area contributed by atoms with E-state index in [-0.39, 0.29) is 23.3 Å². The van der Waals surface area contributed by atoms with Gasteiger partial charge in [-0.2, -0.15) is 0 Å². The molecular formula is C21H26N2O5. The first kappa shape index (κ1) is 21.4. The Hall–Kier alpha value is -2.90. The number of ether oxygens (including phenoxy) is 1. The van der Waals surface area contributed by atoms with Crippen molar-refractivity contribution in [3.05, 3.63) is 64.7 Å². The smallest absolute Gasteiger partial charge is 0.337 e. The number of esters is 1. The summed E-state index contributed by atoms with van der Waals surface area (Å²) in [4.78, 5) is 22.7. The van der Waals surface area contributed by atoms with Crippen LogP contribution in [0.15, 0.2) is 42.5 Å². The van der Waals surface area contributed by atoms with Crippen molar-refractivity contribution in [2.24, 2.45) is 5.73 Å². The molecule has 0 aliphatic rings. The van der Waals surface area contributed by atoms with Crippen molar-refractivity contribution in [3.63, 3.8) is 0 Å². The van der Waals surface area contributed by atoms with E-state index in [1.807, 2.05) is 19.1 Å². The van der Waals surface area contributed by atoms with Crippen LogP contribution in [0.2, 0.25) is 0 Å². The van der Waals surface area contributed by atoms with Crippen LogP contribution in [0.25, 0.3) is 0 Å². The van der Waals surface area contributed by atoms with Gasteiger partial charge in [0.15, 0.2) is 0 Å². The first-order valence-corrected chi connectivity index (χ1v) is 9.03. The highest BCUT2D eigenvalue weighted by atomic mass is 16.5. The number of aliphatic hydroxyl groups is 1. The lowest BCUT2D eigenvalue weighted by Gasteiger charge is -2.18. The number of aromatic hydroxyl groups is 1. The van der Waals surface area contributed by atoms with Crippen LogP contribution in [0.3, 0.4) is 0 Å². The molecule has 1 amide bonds. The molecule has 0 aromatic heterocycles. The number of benzene rings is 2. The number of hydrogen-bond acceptors (Lipinski definition) is 6. The van der Waals surface area contributed by atoms with Gasteiger partial charge in [0.1, 0.15) is 5.75 Å². The Balaban J connectivity index is 1.83. The van der Waals surface area contributed by atoms with Crippen molar-refractivity contribution < 1.29 is 24.5 Å². The molecule has 150 valence electrons. The topological polar surface area (TPSA) is 122 Å². The summed E-state index contributed by atoms with van der Waals surface area (Å²) in [6.45, 7) is 2.31. The number of nitrogens with one attached hydrogen (secondary N) is 1. The van der Waals surface area contributed by atoms with E-state index >= 15 is 0 Å². The highest BCUT2D eigenvalue weighted by Crippen LogP contribution is 2.22. The summed E-state index contributed by atoms with van der Waals surface area (Å²) in [5, 5.41) is 23.2. The van der Waals surface area contributed by atoms with Gasteiger partial charge in [-0.25, -0.2) is 4.79 Å². The second kappa shape index (κ2) is 9.87. The van der Waals surface area contributed by atoms with Crippen molar-refractivity contribution in [1.29, 1.82) is 0 Å². The third kappa shape index (κ3) is 5.80. The van der Waals surface area contributed by atoms with E-state index in [9.17, 15) is 19.8 Å². The van der Waals surface area contributed by atoms with Gasteiger partial charge in [0, 0.05) is 12.6 Å². The number of carbonyl (C=O) groups excluding carboxylic acids is 2. The molecule has 2 rings (SSSR count). The molecule has 2 aromatic rings. The highest BCUT2D eigenvalue weighted by molar-refractivity contribution is 5.95. The standard InChI is InChI=1S/C21H26N2O5/c1-13(3-4-14-5-7-15(8-6-14)21(27)28-2)23-12-19(25)16-9-10-18(24)17(11-16)20(22)26/h5-11,13,19,23-25H,3-4,12H2,1-2H3,(H2,22,26). The SMILES string of the molecule is COC(=O)c1ccc(CCC(C)NCC(O)c2ccc(O)c(C(N)=O)c2)cc1. The first-order chi connectivity index (χ1) is 13.3. The van der Waals surface area contributed by atoms with Gasteiger partial charge in [-0.1, -0.05) is 18.2 Å². The molecule has 0 saturated carbocycles. The minimum absolute atomic E-state index is 0.0139. The lowest BCUT2D eigenvalue weighted by molar-refractivity contribution is 0.0600. The molecule has 0 saturated heterocycles. The molecule has 0 fully saturated rings. The van der Waals surface area contributed by atoms with Gasteiger partial charge < -0.3 is 26.0 Å². The lowest BCUT2D eigenvalue weighted by Crippen LogP contribution is -2.31. The van der Waals surface area contributed by atoms with Crippen LogP contribution >= 0.6 is 0 Å². The molecule has 0 heterocycles. The van der Waals surface area contributed by atoms with Gasteiger partial charge in [0.2, 0.25) is 0 Å². The van der Waals surface area contributed by atoms with Crippen LogP contribution in [0, 0.1) is 0 Å². The van der Waals surface area contributed by atoms with E-state index < -0.39 is 12.0 Å². The number of phenols is 1. The van der Waals surface area contributed by atoms with Gasteiger partial charge in [0.25, 0.3) is 5.91 Å². The summed E-state index contributed by atoms with van der Waals surface area (Å²) >= 11 is 0. The van der Waals surface area contributed by atoms with E-state index in [2.05, 4.69) is 10.1 Å². The average molecular weight is 386 g/mol. The third-order valence-corrected chi connectivity index (χ3v) is 4.57. The van der Waals surface area contributed by atoms with Gasteiger partial charge >= 0.3 is 5.97 Å². The van der Waals surface area contributed by atoms with Gasteiger partial charge in [0.05, 0.1) is 24.3 Å². The molecule has 0 aliphatic carbocycles. The lowest BCUT2D eigenvalue weighted by atomic mass is 10.0. The predicted molar refractivity (Wildman–Crippen MR) is 105 cm³/mol. The van der Waals surface area contributed by atoms with Crippen molar-refractivity contribution in [2.75, 3.05) is 13.7 Å². The molecule has 28 heavy (non-hydrogen) atoms. The van der Waals surface area contributed by atoms with E-state index in [4.69, 9.17) is 5.73 Å². The number of nitrogens with two attached hydrogens (primary N) is 1. The maximum absolute atomic E-state index is 11.4. The Bertz CT molecular complexity index is 820. The Labute approximate surface area is 164 Å². The number of methoxy groups -OCH3 is 1. The minimum atomic E-state index is -0.833. The Morgan fingerprint density at radius 2 is 1.86 bits per heavy atom. The number of amides is 1. The molecule has 7 heteroatoms. The van der Waals surface area contributed by atoms with E-state index in [0.717, 1.165) is 18.4 Å². The molecule has 7 nitrogen and oxygen atoms in total. The van der Waals surface area contributed by atoms with E-state index in [1.165, 1.54) is 19.2 Å². The van der Waals surface area contributed by atoms with Gasteiger partial charge in [-0.3, -0.25) is 4.79 Å². The van der Waals surface area contributed by atoms with Crippen molar-refractivity contribution >= 4 is 11.9 Å². The summed E-state index contributed by atoms with van der Waals surface area (Å²) in [6.07, 6.45) is 0.823. The Kier molecular flexibility index (Phi) is 7.54. The molecule has 0 bridgehead atoms. The second-order valence-electron chi connectivity index (χ2n) is 6.69. The third-order valence-electron chi connectivity index (χ3n) is 4.57. The van der Waals surface area contributed by atoms with Gasteiger partial charge in [-0.05, 0) is 55.2 Å². The summed E-state index contributed by atoms with van der Waals surface area (Å²) in [6, 6.07) is 11.7. The van der Waals surface area contributed by atoms with Crippen LogP contribution in [0.5, 0.6) is 5.75 Å². The predicted octanol–water partition coefficient (Wildman–Crippen LogP) is 1.92. The Morgan fingerprint density at radius 3 is 2.46 bits per heavy atom. The number of aryl methyl sites for hydroxylation is 1. The van der Waals surface area contributed by atoms with Crippen LogP contribution in [0.4, 0.5) is 0 Å². The van der Waals surface area contributed by atoms with Crippen molar-refractivity contribution in [1.82, 2.24) is 5.32 Å². The van der Waals surface area contributed by atoms with Crippen LogP contribution in [-0.2, 0) is 11.2 Å². The molecule has 2 aromatic carbocycles. The normalized spacial score (nSPS) is 13.0. The fourth-order valence-electron chi connectivity index (χ4n) is 2.80. The minimum Gasteiger partial charge on any atom is -0.507 e. The summed E-state index contributed by atoms with van der Waals surface area (Å²) < 4.78 is 4.68. The molecule has 2 unspecified atom stereocenters. The van der Waals surface area contributed by atoms with Crippen LogP contribution in [0.1, 0.15) is 51.3 Å². The number of primary amides is 1. The van der Waals surface area contributed by atoms with Crippen molar-refractivity contribution in [2.45, 2.75) is 31.9 Å². The van der Waals surface area contributed by atoms with E-state index in [1.54, 1.807) is 18.2 Å². The van der Waals surface area contributed by atoms with Crippen molar-refractivity contribution in [3.8, 4) is 5.75 Å². The Morgan fingerprint density at radius 1 is 1.18 bits per heavy atom. The number of hydrogen-bond donors (Lipinski definition) is 4. The zero-order valence-corrected chi connectivity index (χ0v) is 16.0. The van der Waals surface area contributed by atoms with E-state index in [0.29, 0.717) is 17.7 Å².